The first-order valence-corrected chi connectivity index (χ1v) is 13.9. The molecule has 0 aliphatic carbocycles. The highest BCUT2D eigenvalue weighted by molar-refractivity contribution is 8.00. The summed E-state index contributed by atoms with van der Waals surface area (Å²) < 4.78 is 15.8. The van der Waals surface area contributed by atoms with Gasteiger partial charge in [0.15, 0.2) is 0 Å². The molecule has 3 saturated heterocycles. The minimum atomic E-state index is -0.879. The molecular formula is C27H30N4O8S. The molecule has 0 radical (unpaired) electrons. The zero-order valence-electron chi connectivity index (χ0n) is 22.4. The Kier molecular flexibility index (Phi) is 7.49. The van der Waals surface area contributed by atoms with E-state index in [9.17, 15) is 24.0 Å². The summed E-state index contributed by atoms with van der Waals surface area (Å²) in [4.78, 5) is 65.4. The van der Waals surface area contributed by atoms with Crippen LogP contribution < -0.4 is 5.32 Å². The fourth-order valence-electron chi connectivity index (χ4n) is 4.75. The third kappa shape index (κ3) is 5.51. The molecule has 4 amide bonds. The van der Waals surface area contributed by atoms with E-state index in [1.165, 1.54) is 26.7 Å². The van der Waals surface area contributed by atoms with Crippen LogP contribution in [-0.4, -0.2) is 87.4 Å². The van der Waals surface area contributed by atoms with Crippen molar-refractivity contribution in [1.29, 1.82) is 0 Å². The highest BCUT2D eigenvalue weighted by atomic mass is 32.2. The predicted octanol–water partition coefficient (Wildman–Crippen LogP) is 2.32. The number of nitrogens with zero attached hydrogens (tertiary/aromatic N) is 3. The van der Waals surface area contributed by atoms with E-state index < -0.39 is 41.1 Å². The van der Waals surface area contributed by atoms with Crippen LogP contribution in [0.3, 0.4) is 0 Å². The molecule has 1 N–H and O–H groups in total. The summed E-state index contributed by atoms with van der Waals surface area (Å²) in [5.41, 5.74) is 0.925. The van der Waals surface area contributed by atoms with Crippen molar-refractivity contribution in [3.63, 3.8) is 0 Å². The number of carbonyl (C=O) groups is 5. The molecular weight excluding hydrogens is 540 g/mol. The van der Waals surface area contributed by atoms with E-state index in [1.807, 2.05) is 30.3 Å². The third-order valence-electron chi connectivity index (χ3n) is 6.56. The second-order valence-corrected chi connectivity index (χ2v) is 11.7. The quantitative estimate of drug-likeness (QED) is 0.237. The van der Waals surface area contributed by atoms with Crippen molar-refractivity contribution in [3.05, 3.63) is 58.8 Å². The standard InChI is InChI=1S/C27H30N4O8S/c1-27(2,3)39-25(35)28-19-22(33)31-20(24(34)38-14-16-7-5-4-6-8-16)18(15-40-23(19)31)13-17-9-10-29(21(17)32)30-11-12-37-26(30)36/h4-8,13,19,23H,9-12,14-15H2,1-3H3,(H,28,35)/b17-13+/t19-,23-/m1/s1. The average Bonchev–Trinajstić information content (AvgIpc) is 3.49. The Hall–Kier alpha value is -4.00. The maximum Gasteiger partial charge on any atom is 0.429 e. The summed E-state index contributed by atoms with van der Waals surface area (Å²) in [6, 6.07) is 8.25. The zero-order valence-corrected chi connectivity index (χ0v) is 23.2. The molecule has 212 valence electrons. The number of allylic oxidation sites excluding steroid dienone is 1. The van der Waals surface area contributed by atoms with Crippen LogP contribution in [0.15, 0.2) is 53.3 Å². The van der Waals surface area contributed by atoms with Crippen molar-refractivity contribution in [2.45, 2.75) is 50.8 Å². The molecule has 4 aliphatic heterocycles. The number of ether oxygens (including phenoxy) is 3. The van der Waals surface area contributed by atoms with Gasteiger partial charge in [-0.2, -0.15) is 0 Å². The van der Waals surface area contributed by atoms with E-state index in [4.69, 9.17) is 14.2 Å². The lowest BCUT2D eigenvalue weighted by Crippen LogP contribution is -2.70. The molecule has 0 saturated carbocycles. The molecule has 0 unspecified atom stereocenters. The Balaban J connectivity index is 1.39. The smallest absolute Gasteiger partial charge is 0.429 e. The van der Waals surface area contributed by atoms with E-state index >= 15 is 0 Å². The number of hydrazine groups is 1. The predicted molar refractivity (Wildman–Crippen MR) is 142 cm³/mol. The Morgan fingerprint density at radius 3 is 2.55 bits per heavy atom. The maximum absolute atomic E-state index is 13.4. The third-order valence-corrected chi connectivity index (χ3v) is 7.86. The number of nitrogens with one attached hydrogen (secondary N) is 1. The summed E-state index contributed by atoms with van der Waals surface area (Å²) in [6.07, 6.45) is 0.648. The minimum Gasteiger partial charge on any atom is -0.456 e. The van der Waals surface area contributed by atoms with E-state index in [-0.39, 0.29) is 31.4 Å². The molecule has 40 heavy (non-hydrogen) atoms. The molecule has 2 atom stereocenters. The molecule has 12 nitrogen and oxygen atoms in total. The Morgan fingerprint density at radius 1 is 1.12 bits per heavy atom. The lowest BCUT2D eigenvalue weighted by molar-refractivity contribution is -0.152. The minimum absolute atomic E-state index is 0.00374. The van der Waals surface area contributed by atoms with Crippen LogP contribution in [0.2, 0.25) is 0 Å². The van der Waals surface area contributed by atoms with Gasteiger partial charge in [0.25, 0.3) is 11.8 Å². The molecule has 4 aliphatic rings. The normalized spacial score (nSPS) is 23.7. The van der Waals surface area contributed by atoms with Crippen molar-refractivity contribution in [2.24, 2.45) is 0 Å². The van der Waals surface area contributed by atoms with Crippen molar-refractivity contribution < 1.29 is 38.2 Å². The van der Waals surface area contributed by atoms with Gasteiger partial charge in [0.1, 0.15) is 35.9 Å². The first kappa shape index (κ1) is 27.6. The van der Waals surface area contributed by atoms with Gasteiger partial charge in [-0.1, -0.05) is 30.3 Å². The molecule has 0 bridgehead atoms. The topological polar surface area (TPSA) is 135 Å². The molecule has 13 heteroatoms. The number of hydrogen-bond donors (Lipinski definition) is 1. The van der Waals surface area contributed by atoms with Crippen molar-refractivity contribution >= 4 is 41.7 Å². The lowest BCUT2D eigenvalue weighted by Gasteiger charge is -2.49. The second kappa shape index (κ2) is 10.9. The fraction of sp³-hybridized carbons (Fsp3) is 0.444. The van der Waals surface area contributed by atoms with Crippen LogP contribution in [-0.2, 0) is 35.2 Å². The number of cyclic esters (lactones) is 1. The second-order valence-electron chi connectivity index (χ2n) is 10.6. The molecule has 4 heterocycles. The van der Waals surface area contributed by atoms with Gasteiger partial charge >= 0.3 is 18.2 Å². The number of fused-ring (bicyclic) bond motifs is 1. The number of hydrogen-bond acceptors (Lipinski definition) is 9. The monoisotopic (exact) mass is 570 g/mol. The number of alkyl carbamates (subject to hydrolysis) is 1. The van der Waals surface area contributed by atoms with Crippen LogP contribution >= 0.6 is 11.8 Å². The van der Waals surface area contributed by atoms with Gasteiger partial charge in [-0.3, -0.25) is 14.5 Å². The highest BCUT2D eigenvalue weighted by Crippen LogP contribution is 2.42. The van der Waals surface area contributed by atoms with Crippen LogP contribution in [0, 0.1) is 0 Å². The van der Waals surface area contributed by atoms with Crippen molar-refractivity contribution in [2.75, 3.05) is 25.4 Å². The van der Waals surface area contributed by atoms with Gasteiger partial charge < -0.3 is 19.5 Å². The first-order chi connectivity index (χ1) is 19.0. The highest BCUT2D eigenvalue weighted by Gasteiger charge is 2.55. The Bertz CT molecular complexity index is 1310. The number of amides is 4. The average molecular weight is 571 g/mol. The van der Waals surface area contributed by atoms with E-state index in [1.54, 1.807) is 26.8 Å². The Morgan fingerprint density at radius 2 is 1.88 bits per heavy atom. The fourth-order valence-corrected chi connectivity index (χ4v) is 6.05. The number of rotatable bonds is 6. The number of esters is 1. The Labute approximate surface area is 235 Å². The van der Waals surface area contributed by atoms with E-state index in [0.29, 0.717) is 29.9 Å². The molecule has 3 fully saturated rings. The van der Waals surface area contributed by atoms with E-state index in [2.05, 4.69) is 5.32 Å². The molecule has 5 rings (SSSR count). The number of carbonyl (C=O) groups excluding carboxylic acids is 5. The summed E-state index contributed by atoms with van der Waals surface area (Å²) in [5.74, 6) is -1.27. The van der Waals surface area contributed by atoms with Crippen LogP contribution in [0.5, 0.6) is 0 Å². The molecule has 0 spiro atoms. The number of benzene rings is 1. The van der Waals surface area contributed by atoms with Gasteiger partial charge in [-0.15, -0.1) is 11.8 Å². The SMILES string of the molecule is CC(C)(C)OC(=O)N[C@@H]1C(=O)N2C(C(=O)OCc3ccccc3)=C(/C=C3\CCN(N4CCOC4=O)C3=O)CS[C@H]12. The summed E-state index contributed by atoms with van der Waals surface area (Å²) >= 11 is 1.35. The maximum atomic E-state index is 13.4. The number of β-lactam (4-membered cyclic amide) rings is 1. The van der Waals surface area contributed by atoms with Gasteiger partial charge in [0.2, 0.25) is 0 Å². The molecule has 1 aromatic carbocycles. The molecule has 1 aromatic rings. The van der Waals surface area contributed by atoms with E-state index in [0.717, 1.165) is 5.56 Å². The van der Waals surface area contributed by atoms with Crippen LogP contribution in [0.25, 0.3) is 0 Å². The van der Waals surface area contributed by atoms with Gasteiger partial charge in [-0.05, 0) is 44.4 Å². The molecule has 0 aromatic heterocycles. The van der Waals surface area contributed by atoms with Gasteiger partial charge in [-0.25, -0.2) is 24.4 Å². The van der Waals surface area contributed by atoms with Crippen LogP contribution in [0.4, 0.5) is 9.59 Å². The van der Waals surface area contributed by atoms with Crippen molar-refractivity contribution in [1.82, 2.24) is 20.2 Å². The lowest BCUT2D eigenvalue weighted by atomic mass is 10.0. The zero-order chi connectivity index (χ0) is 28.6. The summed E-state index contributed by atoms with van der Waals surface area (Å²) in [7, 11) is 0. The summed E-state index contributed by atoms with van der Waals surface area (Å²) in [6.45, 7) is 5.94. The number of thioether (sulfide) groups is 1. The first-order valence-electron chi connectivity index (χ1n) is 12.9. The summed E-state index contributed by atoms with van der Waals surface area (Å²) in [5, 5.41) is 4.66. The van der Waals surface area contributed by atoms with Crippen LogP contribution in [0.1, 0.15) is 32.8 Å². The van der Waals surface area contributed by atoms with Gasteiger partial charge in [0.05, 0.1) is 6.54 Å². The van der Waals surface area contributed by atoms with Gasteiger partial charge in [0, 0.05) is 17.9 Å². The largest absolute Gasteiger partial charge is 0.456 e. The van der Waals surface area contributed by atoms with Crippen molar-refractivity contribution in [3.8, 4) is 0 Å².